The Morgan fingerprint density at radius 3 is 2.62 bits per heavy atom. The number of nitrogens with zero attached hydrogens (tertiary/aromatic N) is 2. The molecule has 1 heterocycles. The maximum atomic E-state index is 5.94. The van der Waals surface area contributed by atoms with Crippen LogP contribution in [-0.2, 0) is 0 Å². The lowest BCUT2D eigenvalue weighted by Gasteiger charge is -2.39. The molecule has 2 rings (SSSR count). The zero-order chi connectivity index (χ0) is 15.5. The maximum Gasteiger partial charge on any atom is 0.239 e. The van der Waals surface area contributed by atoms with E-state index in [0.717, 1.165) is 12.2 Å². The summed E-state index contributed by atoms with van der Waals surface area (Å²) in [4.78, 5) is 6.89. The van der Waals surface area contributed by atoms with E-state index in [1.54, 1.807) is 0 Å². The highest BCUT2D eigenvalue weighted by atomic mass is 16.5. The van der Waals surface area contributed by atoms with Crippen molar-refractivity contribution in [2.75, 3.05) is 24.3 Å². The van der Waals surface area contributed by atoms with Crippen LogP contribution in [0.25, 0.3) is 0 Å². The summed E-state index contributed by atoms with van der Waals surface area (Å²) in [5, 5.41) is 0. The monoisotopic (exact) mass is 291 g/mol. The molecule has 1 saturated carbocycles. The van der Waals surface area contributed by atoms with E-state index in [-0.39, 0.29) is 0 Å². The number of pyridine rings is 1. The molecule has 1 aromatic rings. The van der Waals surface area contributed by atoms with E-state index >= 15 is 0 Å². The van der Waals surface area contributed by atoms with E-state index in [1.165, 1.54) is 25.7 Å². The van der Waals surface area contributed by atoms with Crippen molar-refractivity contribution in [2.24, 2.45) is 5.41 Å². The molecule has 0 aliphatic heterocycles. The van der Waals surface area contributed by atoms with Gasteiger partial charge < -0.3 is 15.4 Å². The molecule has 0 bridgehead atoms. The lowest BCUT2D eigenvalue weighted by molar-refractivity contribution is 0.222. The molecule has 4 nitrogen and oxygen atoms in total. The molecule has 1 aromatic heterocycles. The van der Waals surface area contributed by atoms with Crippen molar-refractivity contribution < 1.29 is 4.74 Å². The molecule has 0 aromatic carbocycles. The first-order valence-electron chi connectivity index (χ1n) is 8.05. The Kier molecular flexibility index (Phi) is 4.96. The lowest BCUT2D eigenvalue weighted by atomic mass is 9.75. The van der Waals surface area contributed by atoms with Gasteiger partial charge in [-0.1, -0.05) is 20.8 Å². The molecule has 0 radical (unpaired) electrons. The van der Waals surface area contributed by atoms with E-state index < -0.39 is 0 Å². The van der Waals surface area contributed by atoms with Crippen molar-refractivity contribution >= 4 is 11.5 Å². The van der Waals surface area contributed by atoms with Gasteiger partial charge in [-0.2, -0.15) is 4.98 Å². The molecular weight excluding hydrogens is 262 g/mol. The Hall–Kier alpha value is -1.45. The Morgan fingerprint density at radius 1 is 1.33 bits per heavy atom. The number of ether oxygens (including phenoxy) is 1. The summed E-state index contributed by atoms with van der Waals surface area (Å²) in [6.07, 6.45) is 5.95. The Balaban J connectivity index is 2.07. The van der Waals surface area contributed by atoms with Gasteiger partial charge >= 0.3 is 0 Å². The first-order valence-corrected chi connectivity index (χ1v) is 8.05. The molecule has 4 heteroatoms. The Bertz CT molecular complexity index is 463. The molecule has 0 atom stereocenters. The second kappa shape index (κ2) is 6.54. The fourth-order valence-electron chi connectivity index (χ4n) is 2.91. The molecule has 0 spiro atoms. The predicted octanol–water partition coefficient (Wildman–Crippen LogP) is 3.86. The van der Waals surface area contributed by atoms with Gasteiger partial charge in [0.15, 0.2) is 0 Å². The number of nitrogens with two attached hydrogens (primary N) is 1. The van der Waals surface area contributed by atoms with Crippen LogP contribution < -0.4 is 15.4 Å². The third kappa shape index (κ3) is 4.02. The van der Waals surface area contributed by atoms with Gasteiger partial charge in [0.1, 0.15) is 5.82 Å². The second-order valence-electron chi connectivity index (χ2n) is 6.92. The summed E-state index contributed by atoms with van der Waals surface area (Å²) in [7, 11) is 2.13. The summed E-state index contributed by atoms with van der Waals surface area (Å²) in [5.74, 6) is 1.53. The molecule has 21 heavy (non-hydrogen) atoms. The minimum absolute atomic E-state index is 0.487. The second-order valence-corrected chi connectivity index (χ2v) is 6.92. The topological polar surface area (TPSA) is 51.4 Å². The molecule has 1 aliphatic carbocycles. The highest BCUT2D eigenvalue weighted by molar-refractivity contribution is 5.54. The fraction of sp³-hybridized carbons (Fsp3) is 0.706. The van der Waals surface area contributed by atoms with Crippen molar-refractivity contribution in [3.05, 3.63) is 12.1 Å². The van der Waals surface area contributed by atoms with Crippen molar-refractivity contribution in [3.63, 3.8) is 0 Å². The zero-order valence-electron chi connectivity index (χ0n) is 13.9. The number of hydrogen-bond donors (Lipinski definition) is 1. The van der Waals surface area contributed by atoms with Crippen LogP contribution in [0.2, 0.25) is 0 Å². The first kappa shape index (κ1) is 15.9. The van der Waals surface area contributed by atoms with Gasteiger partial charge in [0, 0.05) is 13.1 Å². The minimum atomic E-state index is 0.487. The Labute approximate surface area is 128 Å². The fourth-order valence-corrected chi connectivity index (χ4v) is 2.91. The van der Waals surface area contributed by atoms with Gasteiger partial charge in [-0.25, -0.2) is 0 Å². The van der Waals surface area contributed by atoms with Gasteiger partial charge in [0.25, 0.3) is 0 Å². The molecule has 1 aliphatic rings. The third-order valence-electron chi connectivity index (χ3n) is 4.54. The van der Waals surface area contributed by atoms with Crippen LogP contribution in [-0.4, -0.2) is 24.7 Å². The van der Waals surface area contributed by atoms with Crippen LogP contribution in [0.15, 0.2) is 12.1 Å². The molecule has 1 fully saturated rings. The van der Waals surface area contributed by atoms with Crippen LogP contribution in [0.3, 0.4) is 0 Å². The van der Waals surface area contributed by atoms with Gasteiger partial charge in [0.2, 0.25) is 5.88 Å². The minimum Gasteiger partial charge on any atom is -0.476 e. The molecule has 118 valence electrons. The molecule has 0 amide bonds. The standard InChI is InChI=1S/C17H29N3O/c1-5-12-21-16-14(18)6-7-15(19-16)20(4)13-8-10-17(2,3)11-9-13/h6-7,13H,5,8-12,18H2,1-4H3. The van der Waals surface area contributed by atoms with E-state index in [9.17, 15) is 0 Å². The molecule has 0 saturated heterocycles. The predicted molar refractivity (Wildman–Crippen MR) is 88.9 cm³/mol. The van der Waals surface area contributed by atoms with Gasteiger partial charge in [-0.05, 0) is 49.7 Å². The number of aromatic nitrogens is 1. The summed E-state index contributed by atoms with van der Waals surface area (Å²) >= 11 is 0. The summed E-state index contributed by atoms with van der Waals surface area (Å²) < 4.78 is 5.63. The van der Waals surface area contributed by atoms with E-state index in [2.05, 4.69) is 37.7 Å². The molecule has 0 unspecified atom stereocenters. The van der Waals surface area contributed by atoms with Crippen LogP contribution in [0.5, 0.6) is 5.88 Å². The normalized spacial score (nSPS) is 18.5. The highest BCUT2D eigenvalue weighted by Gasteiger charge is 2.29. The number of anilines is 2. The van der Waals surface area contributed by atoms with Crippen LogP contribution in [0, 0.1) is 5.41 Å². The zero-order valence-corrected chi connectivity index (χ0v) is 13.9. The number of hydrogen-bond acceptors (Lipinski definition) is 4. The lowest BCUT2D eigenvalue weighted by Crippen LogP contribution is -2.37. The van der Waals surface area contributed by atoms with E-state index in [1.807, 2.05) is 12.1 Å². The van der Waals surface area contributed by atoms with Gasteiger partial charge in [0.05, 0.1) is 12.3 Å². The van der Waals surface area contributed by atoms with Crippen molar-refractivity contribution in [2.45, 2.75) is 58.9 Å². The van der Waals surface area contributed by atoms with Crippen LogP contribution in [0.1, 0.15) is 52.9 Å². The summed E-state index contributed by atoms with van der Waals surface area (Å²) in [6.45, 7) is 7.46. The maximum absolute atomic E-state index is 5.94. The summed E-state index contributed by atoms with van der Waals surface area (Å²) in [6, 6.07) is 4.46. The van der Waals surface area contributed by atoms with Gasteiger partial charge in [-0.15, -0.1) is 0 Å². The molecular formula is C17H29N3O. The smallest absolute Gasteiger partial charge is 0.239 e. The third-order valence-corrected chi connectivity index (χ3v) is 4.54. The van der Waals surface area contributed by atoms with E-state index in [4.69, 9.17) is 10.5 Å². The first-order chi connectivity index (χ1) is 9.93. The van der Waals surface area contributed by atoms with Gasteiger partial charge in [-0.3, -0.25) is 0 Å². The average Bonchev–Trinajstić information content (AvgIpc) is 2.46. The average molecular weight is 291 g/mol. The SMILES string of the molecule is CCCOc1nc(N(C)C2CCC(C)(C)CC2)ccc1N. The molecule has 2 N–H and O–H groups in total. The van der Waals surface area contributed by atoms with Crippen LogP contribution in [0.4, 0.5) is 11.5 Å². The van der Waals surface area contributed by atoms with Crippen LogP contribution >= 0.6 is 0 Å². The van der Waals surface area contributed by atoms with Crippen molar-refractivity contribution in [1.82, 2.24) is 4.98 Å². The number of rotatable bonds is 5. The highest BCUT2D eigenvalue weighted by Crippen LogP contribution is 2.37. The Morgan fingerprint density at radius 2 is 2.00 bits per heavy atom. The summed E-state index contributed by atoms with van der Waals surface area (Å²) in [5.41, 5.74) is 7.04. The van der Waals surface area contributed by atoms with Crippen molar-refractivity contribution in [3.8, 4) is 5.88 Å². The largest absolute Gasteiger partial charge is 0.476 e. The quantitative estimate of drug-likeness (QED) is 0.895. The number of nitrogen functional groups attached to an aromatic ring is 1. The van der Waals surface area contributed by atoms with Crippen molar-refractivity contribution in [1.29, 1.82) is 0 Å². The van der Waals surface area contributed by atoms with E-state index in [0.29, 0.717) is 29.6 Å².